The van der Waals surface area contributed by atoms with E-state index in [1.54, 1.807) is 18.2 Å². The van der Waals surface area contributed by atoms with E-state index in [-0.39, 0.29) is 21.6 Å². The molecule has 1 aromatic carbocycles. The van der Waals surface area contributed by atoms with Gasteiger partial charge in [-0.15, -0.1) is 0 Å². The minimum Gasteiger partial charge on any atom is -0.465 e. The van der Waals surface area contributed by atoms with Gasteiger partial charge in [0, 0.05) is 11.8 Å². The molecule has 1 amide bonds. The predicted molar refractivity (Wildman–Crippen MR) is 77.2 cm³/mol. The number of hydrogen-bond donors (Lipinski definition) is 2. The second-order valence-electron chi connectivity index (χ2n) is 3.69. The topological polar surface area (TPSA) is 68.3 Å². The van der Waals surface area contributed by atoms with Gasteiger partial charge in [0.05, 0.1) is 22.0 Å². The Balaban J connectivity index is 2.07. The van der Waals surface area contributed by atoms with Gasteiger partial charge in [0.25, 0.3) is 0 Å². The molecular formula is C13H10Cl2N2O2. The van der Waals surface area contributed by atoms with Gasteiger partial charge in [0.2, 0.25) is 5.91 Å². The molecule has 0 radical (unpaired) electrons. The SMILES string of the molecule is Nc1c(Cl)cc(NC(=O)/C=C/c2ccco2)cc1Cl. The molecule has 19 heavy (non-hydrogen) atoms. The molecule has 0 saturated heterocycles. The summed E-state index contributed by atoms with van der Waals surface area (Å²) < 4.78 is 5.06. The minimum absolute atomic E-state index is 0.285. The minimum atomic E-state index is -0.326. The van der Waals surface area contributed by atoms with Crippen LogP contribution in [0.4, 0.5) is 11.4 Å². The molecule has 3 N–H and O–H groups in total. The van der Waals surface area contributed by atoms with Crippen molar-refractivity contribution in [2.45, 2.75) is 0 Å². The summed E-state index contributed by atoms with van der Waals surface area (Å²) >= 11 is 11.7. The zero-order valence-electron chi connectivity index (χ0n) is 9.69. The number of nitrogens with two attached hydrogens (primary N) is 1. The number of furan rings is 1. The molecule has 0 bridgehead atoms. The summed E-state index contributed by atoms with van der Waals surface area (Å²) in [5.74, 6) is 0.261. The smallest absolute Gasteiger partial charge is 0.248 e. The van der Waals surface area contributed by atoms with Crippen molar-refractivity contribution in [2.75, 3.05) is 11.1 Å². The second-order valence-corrected chi connectivity index (χ2v) is 4.51. The van der Waals surface area contributed by atoms with E-state index in [2.05, 4.69) is 5.32 Å². The Hall–Kier alpha value is -1.91. The highest BCUT2D eigenvalue weighted by Crippen LogP contribution is 2.31. The van der Waals surface area contributed by atoms with Gasteiger partial charge >= 0.3 is 0 Å². The molecular weight excluding hydrogens is 287 g/mol. The van der Waals surface area contributed by atoms with Crippen LogP contribution in [0.25, 0.3) is 6.08 Å². The fourth-order valence-electron chi connectivity index (χ4n) is 1.38. The van der Waals surface area contributed by atoms with Crippen molar-refractivity contribution >= 4 is 46.6 Å². The maximum absolute atomic E-state index is 11.7. The van der Waals surface area contributed by atoms with Gasteiger partial charge in [0.15, 0.2) is 0 Å². The van der Waals surface area contributed by atoms with Crippen LogP contribution >= 0.6 is 23.2 Å². The van der Waals surface area contributed by atoms with Gasteiger partial charge in [-0.25, -0.2) is 0 Å². The maximum atomic E-state index is 11.7. The third-order valence-electron chi connectivity index (χ3n) is 2.29. The van der Waals surface area contributed by atoms with E-state index in [0.717, 1.165) is 0 Å². The monoisotopic (exact) mass is 296 g/mol. The van der Waals surface area contributed by atoms with Crippen molar-refractivity contribution in [3.05, 3.63) is 52.4 Å². The Labute approximate surface area is 119 Å². The number of halogens is 2. The highest BCUT2D eigenvalue weighted by Gasteiger charge is 2.06. The van der Waals surface area contributed by atoms with Crippen molar-refractivity contribution < 1.29 is 9.21 Å². The Morgan fingerprint density at radius 1 is 1.32 bits per heavy atom. The van der Waals surface area contributed by atoms with Crippen LogP contribution in [0.1, 0.15) is 5.76 Å². The van der Waals surface area contributed by atoms with Crippen LogP contribution in [0.3, 0.4) is 0 Å². The van der Waals surface area contributed by atoms with Gasteiger partial charge in [-0.1, -0.05) is 23.2 Å². The van der Waals surface area contributed by atoms with Crippen molar-refractivity contribution in [3.63, 3.8) is 0 Å². The van der Waals surface area contributed by atoms with E-state index in [9.17, 15) is 4.79 Å². The molecule has 0 saturated carbocycles. The van der Waals surface area contributed by atoms with Crippen LogP contribution < -0.4 is 11.1 Å². The Morgan fingerprint density at radius 2 is 2.00 bits per heavy atom. The fourth-order valence-corrected chi connectivity index (χ4v) is 1.87. The molecule has 1 aromatic heterocycles. The average molecular weight is 297 g/mol. The quantitative estimate of drug-likeness (QED) is 0.668. The highest BCUT2D eigenvalue weighted by molar-refractivity contribution is 6.39. The van der Waals surface area contributed by atoms with Crippen molar-refractivity contribution in [1.29, 1.82) is 0 Å². The Kier molecular flexibility index (Phi) is 4.14. The molecule has 2 aromatic rings. The van der Waals surface area contributed by atoms with E-state index in [1.165, 1.54) is 24.5 Å². The van der Waals surface area contributed by atoms with Gasteiger partial charge in [-0.05, 0) is 30.3 Å². The largest absolute Gasteiger partial charge is 0.465 e. The lowest BCUT2D eigenvalue weighted by Gasteiger charge is -2.06. The molecule has 4 nitrogen and oxygen atoms in total. The predicted octanol–water partition coefficient (Wildman–Crippen LogP) is 3.82. The number of amides is 1. The molecule has 2 rings (SSSR count). The molecule has 1 heterocycles. The second kappa shape index (κ2) is 5.82. The maximum Gasteiger partial charge on any atom is 0.248 e. The van der Waals surface area contributed by atoms with E-state index < -0.39 is 0 Å². The van der Waals surface area contributed by atoms with E-state index in [4.69, 9.17) is 33.4 Å². The van der Waals surface area contributed by atoms with Crippen LogP contribution in [-0.4, -0.2) is 5.91 Å². The lowest BCUT2D eigenvalue weighted by molar-refractivity contribution is -0.111. The zero-order valence-corrected chi connectivity index (χ0v) is 11.2. The van der Waals surface area contributed by atoms with Gasteiger partial charge in [-0.3, -0.25) is 4.79 Å². The molecule has 0 spiro atoms. The first-order chi connectivity index (χ1) is 9.06. The summed E-state index contributed by atoms with van der Waals surface area (Å²) in [7, 11) is 0. The number of nitrogens with one attached hydrogen (secondary N) is 1. The average Bonchev–Trinajstić information content (AvgIpc) is 2.86. The molecule has 0 atom stereocenters. The number of anilines is 2. The summed E-state index contributed by atoms with van der Waals surface area (Å²) in [5, 5.41) is 3.20. The van der Waals surface area contributed by atoms with Crippen molar-refractivity contribution in [2.24, 2.45) is 0 Å². The van der Waals surface area contributed by atoms with E-state index >= 15 is 0 Å². The number of carbonyl (C=O) groups excluding carboxylic acids is 1. The van der Waals surface area contributed by atoms with Crippen LogP contribution in [-0.2, 0) is 4.79 Å². The summed E-state index contributed by atoms with van der Waals surface area (Å²) in [6.07, 6.45) is 4.42. The number of rotatable bonds is 3. The first-order valence-electron chi connectivity index (χ1n) is 5.33. The molecule has 0 aliphatic rings. The number of carbonyl (C=O) groups is 1. The summed E-state index contributed by atoms with van der Waals surface area (Å²) in [6, 6.07) is 6.53. The first kappa shape index (κ1) is 13.5. The van der Waals surface area contributed by atoms with Crippen LogP contribution in [0.5, 0.6) is 0 Å². The van der Waals surface area contributed by atoms with Crippen LogP contribution in [0.2, 0.25) is 10.0 Å². The standard InChI is InChI=1S/C13H10Cl2N2O2/c14-10-6-8(7-11(15)13(10)16)17-12(18)4-3-9-2-1-5-19-9/h1-7H,16H2,(H,17,18)/b4-3+. The summed E-state index contributed by atoms with van der Waals surface area (Å²) in [5.41, 5.74) is 6.36. The highest BCUT2D eigenvalue weighted by atomic mass is 35.5. The molecule has 0 unspecified atom stereocenters. The summed E-state index contributed by atoms with van der Waals surface area (Å²) in [6.45, 7) is 0. The molecule has 0 fully saturated rings. The number of benzene rings is 1. The van der Waals surface area contributed by atoms with Crippen LogP contribution in [0.15, 0.2) is 41.0 Å². The molecule has 0 aliphatic carbocycles. The fraction of sp³-hybridized carbons (Fsp3) is 0. The third-order valence-corrected chi connectivity index (χ3v) is 2.91. The molecule has 98 valence electrons. The van der Waals surface area contributed by atoms with E-state index in [1.807, 2.05) is 0 Å². The van der Waals surface area contributed by atoms with Crippen molar-refractivity contribution in [3.8, 4) is 0 Å². The van der Waals surface area contributed by atoms with Crippen molar-refractivity contribution in [1.82, 2.24) is 0 Å². The Bertz CT molecular complexity index is 599. The van der Waals surface area contributed by atoms with Crippen LogP contribution in [0, 0.1) is 0 Å². The van der Waals surface area contributed by atoms with E-state index in [0.29, 0.717) is 11.4 Å². The normalized spacial score (nSPS) is 10.8. The Morgan fingerprint density at radius 3 is 2.58 bits per heavy atom. The number of hydrogen-bond acceptors (Lipinski definition) is 3. The zero-order chi connectivity index (χ0) is 13.8. The lowest BCUT2D eigenvalue weighted by atomic mass is 10.2. The van der Waals surface area contributed by atoms with Gasteiger partial charge < -0.3 is 15.5 Å². The molecule has 0 aliphatic heterocycles. The third kappa shape index (κ3) is 3.53. The van der Waals surface area contributed by atoms with Gasteiger partial charge in [-0.2, -0.15) is 0 Å². The number of nitrogen functional groups attached to an aromatic ring is 1. The first-order valence-corrected chi connectivity index (χ1v) is 6.09. The van der Waals surface area contributed by atoms with Gasteiger partial charge in [0.1, 0.15) is 5.76 Å². The molecule has 6 heteroatoms. The summed E-state index contributed by atoms with van der Waals surface area (Å²) in [4.78, 5) is 11.7. The lowest BCUT2D eigenvalue weighted by Crippen LogP contribution is -2.08.